The number of hydrogen-bond donors (Lipinski definition) is 0. The fourth-order valence-corrected chi connectivity index (χ4v) is 4.77. The van der Waals surface area contributed by atoms with Gasteiger partial charge < -0.3 is 0 Å². The quantitative estimate of drug-likeness (QED) is 0.783. The molecule has 0 aliphatic carbocycles. The maximum absolute atomic E-state index is 12.1. The molecule has 0 amide bonds. The first kappa shape index (κ1) is 13.2. The fourth-order valence-electron chi connectivity index (χ4n) is 1.22. The molecule has 0 fully saturated rings. The van der Waals surface area contributed by atoms with Gasteiger partial charge in [-0.1, -0.05) is 22.9 Å². The molecule has 15 heavy (non-hydrogen) atoms. The van der Waals surface area contributed by atoms with Gasteiger partial charge in [-0.25, -0.2) is 8.42 Å². The number of aryl methyl sites for hydroxylation is 1. The largest absolute Gasteiger partial charge is 0.252 e. The smallest absolute Gasteiger partial charge is 0.206 e. The summed E-state index contributed by atoms with van der Waals surface area (Å²) in [4.78, 5) is 1.02. The van der Waals surface area contributed by atoms with Gasteiger partial charge in [0.2, 0.25) is 0 Å². The topological polar surface area (TPSA) is 37.4 Å². The second kappa shape index (κ2) is 5.43. The Morgan fingerprint density at radius 3 is 2.53 bits per heavy atom. The van der Waals surface area contributed by atoms with E-state index in [1.807, 2.05) is 19.9 Å². The number of rotatable bonds is 5. The monoisotopic (exact) mass is 311 g/mol. The van der Waals surface area contributed by atoms with Gasteiger partial charge in [0.15, 0.2) is 0 Å². The second-order valence-electron chi connectivity index (χ2n) is 3.05. The van der Waals surface area contributed by atoms with Crippen molar-refractivity contribution in [2.24, 2.45) is 0 Å². The molecule has 0 spiro atoms. The van der Waals surface area contributed by atoms with E-state index < -0.39 is 10.0 Å². The predicted octanol–water partition coefficient (Wildman–Crippen LogP) is 2.46. The lowest BCUT2D eigenvalue weighted by atomic mass is 10.5. The highest BCUT2D eigenvalue weighted by atomic mass is 79.9. The number of alkyl halides is 1. The lowest BCUT2D eigenvalue weighted by Gasteiger charge is -2.17. The number of sulfonamides is 1. The van der Waals surface area contributed by atoms with Crippen LogP contribution >= 0.6 is 27.3 Å². The summed E-state index contributed by atoms with van der Waals surface area (Å²) >= 11 is 4.58. The minimum absolute atomic E-state index is 0.433. The zero-order valence-electron chi connectivity index (χ0n) is 8.73. The molecule has 0 aliphatic rings. The highest BCUT2D eigenvalue weighted by Crippen LogP contribution is 2.24. The van der Waals surface area contributed by atoms with Crippen molar-refractivity contribution in [2.45, 2.75) is 18.1 Å². The molecule has 0 unspecified atom stereocenters. The summed E-state index contributed by atoms with van der Waals surface area (Å²) in [5, 5.41) is 0.657. The Kier molecular flexibility index (Phi) is 4.76. The summed E-state index contributed by atoms with van der Waals surface area (Å²) in [7, 11) is -3.27. The summed E-state index contributed by atoms with van der Waals surface area (Å²) in [6.07, 6.45) is 0. The molecule has 0 saturated carbocycles. The van der Waals surface area contributed by atoms with Crippen molar-refractivity contribution in [2.75, 3.05) is 18.4 Å². The van der Waals surface area contributed by atoms with Crippen LogP contribution in [0.15, 0.2) is 16.3 Å². The van der Waals surface area contributed by atoms with E-state index >= 15 is 0 Å². The first-order valence-corrected chi connectivity index (χ1v) is 8.02. The molecule has 0 saturated heterocycles. The summed E-state index contributed by atoms with van der Waals surface area (Å²) in [6.45, 7) is 4.77. The third-order valence-corrected chi connectivity index (χ3v) is 5.79. The maximum Gasteiger partial charge on any atom is 0.252 e. The van der Waals surface area contributed by atoms with Crippen LogP contribution in [-0.4, -0.2) is 31.1 Å². The van der Waals surface area contributed by atoms with Crippen molar-refractivity contribution in [3.05, 3.63) is 17.0 Å². The second-order valence-corrected chi connectivity index (χ2v) is 7.30. The van der Waals surface area contributed by atoms with Gasteiger partial charge in [-0.3, -0.25) is 0 Å². The Bertz CT molecular complexity index is 414. The van der Waals surface area contributed by atoms with E-state index in [0.29, 0.717) is 22.6 Å². The molecule has 0 aromatic carbocycles. The Morgan fingerprint density at radius 2 is 2.13 bits per heavy atom. The molecule has 0 radical (unpaired) electrons. The minimum atomic E-state index is -3.27. The van der Waals surface area contributed by atoms with Crippen LogP contribution in [0.1, 0.15) is 11.8 Å². The van der Waals surface area contributed by atoms with Gasteiger partial charge in [0.1, 0.15) is 4.21 Å². The van der Waals surface area contributed by atoms with Crippen LogP contribution < -0.4 is 0 Å². The van der Waals surface area contributed by atoms with Crippen molar-refractivity contribution in [3.63, 3.8) is 0 Å². The molecule has 86 valence electrons. The van der Waals surface area contributed by atoms with E-state index in [1.54, 1.807) is 6.07 Å². The van der Waals surface area contributed by atoms with Crippen molar-refractivity contribution in [1.82, 2.24) is 4.31 Å². The summed E-state index contributed by atoms with van der Waals surface area (Å²) in [5.41, 5.74) is 0. The molecule has 6 heteroatoms. The van der Waals surface area contributed by atoms with Gasteiger partial charge in [0.25, 0.3) is 10.0 Å². The molecule has 3 nitrogen and oxygen atoms in total. The standard InChI is InChI=1S/C9H14BrNO2S2/c1-3-11(7-6-10)15(12,13)9-5-4-8(2)14-9/h4-5H,3,6-7H2,1-2H3. The van der Waals surface area contributed by atoms with E-state index in [9.17, 15) is 8.42 Å². The number of halogens is 1. The van der Waals surface area contributed by atoms with Gasteiger partial charge in [0.05, 0.1) is 0 Å². The van der Waals surface area contributed by atoms with Crippen molar-refractivity contribution >= 4 is 37.3 Å². The first-order valence-electron chi connectivity index (χ1n) is 4.65. The highest BCUT2D eigenvalue weighted by molar-refractivity contribution is 9.09. The SMILES string of the molecule is CCN(CCBr)S(=O)(=O)c1ccc(C)s1. The lowest BCUT2D eigenvalue weighted by Crippen LogP contribution is -2.31. The Morgan fingerprint density at radius 1 is 1.47 bits per heavy atom. The van der Waals surface area contributed by atoms with Crippen LogP contribution in [0.3, 0.4) is 0 Å². The third kappa shape index (κ3) is 3.03. The number of thiophene rings is 1. The molecule has 0 N–H and O–H groups in total. The zero-order valence-corrected chi connectivity index (χ0v) is 12.0. The molecule has 1 aromatic heterocycles. The molecular weight excluding hydrogens is 298 g/mol. The van der Waals surface area contributed by atoms with Crippen LogP contribution in [0.25, 0.3) is 0 Å². The van der Waals surface area contributed by atoms with Crippen molar-refractivity contribution in [1.29, 1.82) is 0 Å². The van der Waals surface area contributed by atoms with E-state index in [2.05, 4.69) is 15.9 Å². The molecule has 1 heterocycles. The highest BCUT2D eigenvalue weighted by Gasteiger charge is 2.23. The van der Waals surface area contributed by atoms with Crippen LogP contribution in [0.2, 0.25) is 0 Å². The molecule has 1 rings (SSSR count). The van der Waals surface area contributed by atoms with Gasteiger partial charge in [-0.15, -0.1) is 11.3 Å². The first-order chi connectivity index (χ1) is 7.02. The van der Waals surface area contributed by atoms with E-state index in [-0.39, 0.29) is 0 Å². The molecule has 0 bridgehead atoms. The van der Waals surface area contributed by atoms with Crippen molar-refractivity contribution in [3.8, 4) is 0 Å². The summed E-state index contributed by atoms with van der Waals surface area (Å²) in [6, 6.07) is 3.51. The van der Waals surface area contributed by atoms with Gasteiger partial charge in [-0.05, 0) is 19.1 Å². The van der Waals surface area contributed by atoms with Crippen molar-refractivity contribution < 1.29 is 8.42 Å². The Labute approximate surface area is 103 Å². The normalized spacial score (nSPS) is 12.3. The van der Waals surface area contributed by atoms with E-state index in [0.717, 1.165) is 4.88 Å². The minimum Gasteiger partial charge on any atom is -0.206 e. The average Bonchev–Trinajstić information content (AvgIpc) is 2.61. The summed E-state index contributed by atoms with van der Waals surface area (Å²) < 4.78 is 26.1. The number of nitrogens with zero attached hydrogens (tertiary/aromatic N) is 1. The van der Waals surface area contributed by atoms with Gasteiger partial charge in [-0.2, -0.15) is 4.31 Å². The van der Waals surface area contributed by atoms with E-state index in [1.165, 1.54) is 15.6 Å². The zero-order chi connectivity index (χ0) is 11.5. The molecule has 0 atom stereocenters. The van der Waals surface area contributed by atoms with Crippen LogP contribution in [0.4, 0.5) is 0 Å². The average molecular weight is 312 g/mol. The Hall–Kier alpha value is 0.0900. The Balaban J connectivity index is 3.00. The molecule has 0 aliphatic heterocycles. The number of hydrogen-bond acceptors (Lipinski definition) is 3. The molecular formula is C9H14BrNO2S2. The fraction of sp³-hybridized carbons (Fsp3) is 0.556. The molecule has 1 aromatic rings. The van der Waals surface area contributed by atoms with Gasteiger partial charge in [0, 0.05) is 23.3 Å². The van der Waals surface area contributed by atoms with E-state index in [4.69, 9.17) is 0 Å². The van der Waals surface area contributed by atoms with Crippen LogP contribution in [-0.2, 0) is 10.0 Å². The van der Waals surface area contributed by atoms with Crippen LogP contribution in [0.5, 0.6) is 0 Å². The lowest BCUT2D eigenvalue weighted by molar-refractivity contribution is 0.450. The van der Waals surface area contributed by atoms with Crippen LogP contribution in [0, 0.1) is 6.92 Å². The predicted molar refractivity (Wildman–Crippen MR) is 67.3 cm³/mol. The maximum atomic E-state index is 12.1. The summed E-state index contributed by atoms with van der Waals surface area (Å²) in [5.74, 6) is 0. The third-order valence-electron chi connectivity index (χ3n) is 2.00. The van der Waals surface area contributed by atoms with Gasteiger partial charge >= 0.3 is 0 Å².